The topological polar surface area (TPSA) is 77.4 Å². The Hall–Kier alpha value is -1.46. The summed E-state index contributed by atoms with van der Waals surface area (Å²) < 4.78 is 0.276. The van der Waals surface area contributed by atoms with Gasteiger partial charge in [-0.3, -0.25) is 4.79 Å². The third-order valence-electron chi connectivity index (χ3n) is 4.60. The lowest BCUT2D eigenvalue weighted by Gasteiger charge is -2.34. The van der Waals surface area contributed by atoms with E-state index in [1.54, 1.807) is 33.3 Å². The van der Waals surface area contributed by atoms with Crippen LogP contribution in [-0.2, 0) is 9.59 Å². The highest BCUT2D eigenvalue weighted by molar-refractivity contribution is 5.99. The third kappa shape index (κ3) is 14.6. The summed E-state index contributed by atoms with van der Waals surface area (Å²) in [6.07, 6.45) is 18.5. The SMILES string of the molecule is CCCCCCCCCCCC=CC=CC(=O)C(O)(CC(=O)[O-])C[N+](C)(C)C. The van der Waals surface area contributed by atoms with Crippen LogP contribution in [-0.4, -0.2) is 54.6 Å². The number of carbonyl (C=O) groups is 2. The summed E-state index contributed by atoms with van der Waals surface area (Å²) in [6, 6.07) is 0. The molecule has 0 aromatic heterocycles. The monoisotopic (exact) mass is 395 g/mol. The van der Waals surface area contributed by atoms with Crippen molar-refractivity contribution in [2.75, 3.05) is 27.7 Å². The minimum absolute atomic E-state index is 0.00626. The molecule has 1 atom stereocenters. The molecule has 0 aromatic carbocycles. The fourth-order valence-corrected chi connectivity index (χ4v) is 3.29. The first-order valence-corrected chi connectivity index (χ1v) is 10.7. The molecule has 0 saturated heterocycles. The van der Waals surface area contributed by atoms with Crippen molar-refractivity contribution in [3.05, 3.63) is 24.3 Å². The smallest absolute Gasteiger partial charge is 0.193 e. The summed E-state index contributed by atoms with van der Waals surface area (Å²) in [5, 5.41) is 21.4. The van der Waals surface area contributed by atoms with Gasteiger partial charge >= 0.3 is 0 Å². The van der Waals surface area contributed by atoms with Gasteiger partial charge in [-0.1, -0.05) is 76.5 Å². The standard InChI is InChI=1S/C23H41NO4/c1-5-6-7-8-9-10-11-12-13-14-15-16-17-18-21(25)23(28,19-22(26)27)20-24(2,3)4/h15-18,28H,5-14,19-20H2,1-4H3. The molecule has 0 aromatic rings. The highest BCUT2D eigenvalue weighted by Gasteiger charge is 2.39. The number of aliphatic hydroxyl groups is 1. The fourth-order valence-electron chi connectivity index (χ4n) is 3.29. The molecular formula is C23H41NO4. The van der Waals surface area contributed by atoms with Crippen molar-refractivity contribution >= 4 is 11.8 Å². The van der Waals surface area contributed by atoms with Crippen LogP contribution >= 0.6 is 0 Å². The Morgan fingerprint density at radius 2 is 1.46 bits per heavy atom. The first-order valence-electron chi connectivity index (χ1n) is 10.7. The lowest BCUT2D eigenvalue weighted by atomic mass is 9.92. The van der Waals surface area contributed by atoms with Gasteiger partial charge in [-0.05, 0) is 18.9 Å². The number of carboxylic acid groups (broad SMARTS) is 1. The van der Waals surface area contributed by atoms with Crippen molar-refractivity contribution in [2.45, 2.75) is 83.2 Å². The second kappa shape index (κ2) is 14.5. The van der Waals surface area contributed by atoms with Crippen molar-refractivity contribution in [1.29, 1.82) is 0 Å². The van der Waals surface area contributed by atoms with Crippen LogP contribution in [0.15, 0.2) is 24.3 Å². The van der Waals surface area contributed by atoms with Gasteiger partial charge in [0.25, 0.3) is 0 Å². The van der Waals surface area contributed by atoms with Gasteiger partial charge in [0.05, 0.1) is 21.1 Å². The lowest BCUT2D eigenvalue weighted by molar-refractivity contribution is -0.875. The number of quaternary nitrogens is 1. The summed E-state index contributed by atoms with van der Waals surface area (Å²) in [6.45, 7) is 2.24. The van der Waals surface area contributed by atoms with Crippen molar-refractivity contribution in [2.24, 2.45) is 0 Å². The molecule has 28 heavy (non-hydrogen) atoms. The first kappa shape index (κ1) is 26.5. The molecule has 162 valence electrons. The van der Waals surface area contributed by atoms with E-state index in [-0.39, 0.29) is 11.0 Å². The molecule has 5 nitrogen and oxygen atoms in total. The molecule has 5 heteroatoms. The molecule has 1 unspecified atom stereocenters. The molecule has 0 amide bonds. The van der Waals surface area contributed by atoms with Crippen LogP contribution in [0.2, 0.25) is 0 Å². The Morgan fingerprint density at radius 1 is 0.929 bits per heavy atom. The minimum atomic E-state index is -1.95. The molecule has 0 spiro atoms. The predicted molar refractivity (Wildman–Crippen MR) is 113 cm³/mol. The number of ketones is 1. The highest BCUT2D eigenvalue weighted by atomic mass is 16.4. The fraction of sp³-hybridized carbons (Fsp3) is 0.739. The molecule has 0 bridgehead atoms. The predicted octanol–water partition coefficient (Wildman–Crippen LogP) is 3.17. The van der Waals surface area contributed by atoms with E-state index in [1.165, 1.54) is 57.4 Å². The number of likely N-dealkylation sites (N-methyl/N-ethyl adjacent to an activating group) is 1. The van der Waals surface area contributed by atoms with E-state index in [0.717, 1.165) is 12.8 Å². The number of rotatable bonds is 17. The van der Waals surface area contributed by atoms with Crippen LogP contribution in [0.3, 0.4) is 0 Å². The quantitative estimate of drug-likeness (QED) is 0.178. The maximum absolute atomic E-state index is 12.3. The molecule has 0 fully saturated rings. The Balaban J connectivity index is 4.16. The second-order valence-electron chi connectivity index (χ2n) is 8.80. The maximum Gasteiger partial charge on any atom is 0.193 e. The molecule has 1 N–H and O–H groups in total. The maximum atomic E-state index is 12.3. The van der Waals surface area contributed by atoms with Gasteiger partial charge < -0.3 is 19.5 Å². The molecule has 0 aliphatic carbocycles. The van der Waals surface area contributed by atoms with E-state index in [0.29, 0.717) is 0 Å². The summed E-state index contributed by atoms with van der Waals surface area (Å²) in [4.78, 5) is 23.2. The molecule has 0 heterocycles. The zero-order chi connectivity index (χ0) is 21.5. The van der Waals surface area contributed by atoms with E-state index in [9.17, 15) is 19.8 Å². The average molecular weight is 396 g/mol. The highest BCUT2D eigenvalue weighted by Crippen LogP contribution is 2.16. The molecule has 0 radical (unpaired) electrons. The van der Waals surface area contributed by atoms with Gasteiger partial charge in [-0.15, -0.1) is 0 Å². The van der Waals surface area contributed by atoms with Crippen LogP contribution in [0.1, 0.15) is 77.6 Å². The number of carbonyl (C=O) groups excluding carboxylic acids is 2. The van der Waals surface area contributed by atoms with Crippen molar-refractivity contribution in [3.8, 4) is 0 Å². The second-order valence-corrected chi connectivity index (χ2v) is 8.80. The Labute approximate surface area is 171 Å². The summed E-state index contributed by atoms with van der Waals surface area (Å²) in [5.74, 6) is -2.03. The Morgan fingerprint density at radius 3 is 1.96 bits per heavy atom. The van der Waals surface area contributed by atoms with Gasteiger partial charge in [0.2, 0.25) is 0 Å². The molecule has 0 aliphatic heterocycles. The lowest BCUT2D eigenvalue weighted by Crippen LogP contribution is -2.55. The number of aliphatic carboxylic acids is 1. The largest absolute Gasteiger partial charge is 0.550 e. The van der Waals surface area contributed by atoms with Gasteiger partial charge in [0, 0.05) is 12.4 Å². The van der Waals surface area contributed by atoms with E-state index >= 15 is 0 Å². The van der Waals surface area contributed by atoms with Gasteiger partial charge in [-0.25, -0.2) is 0 Å². The van der Waals surface area contributed by atoms with E-state index < -0.39 is 23.8 Å². The summed E-state index contributed by atoms with van der Waals surface area (Å²) in [7, 11) is 5.38. The van der Waals surface area contributed by atoms with Crippen LogP contribution in [0.5, 0.6) is 0 Å². The zero-order valence-electron chi connectivity index (χ0n) is 18.4. The van der Waals surface area contributed by atoms with E-state index in [1.807, 2.05) is 6.08 Å². The van der Waals surface area contributed by atoms with Crippen LogP contribution in [0.25, 0.3) is 0 Å². The number of hydrogen-bond acceptors (Lipinski definition) is 4. The Kier molecular flexibility index (Phi) is 13.8. The van der Waals surface area contributed by atoms with Crippen LogP contribution in [0.4, 0.5) is 0 Å². The van der Waals surface area contributed by atoms with Crippen LogP contribution in [0, 0.1) is 0 Å². The number of carboxylic acids is 1. The number of hydrogen-bond donors (Lipinski definition) is 1. The van der Waals surface area contributed by atoms with E-state index in [2.05, 4.69) is 6.92 Å². The minimum Gasteiger partial charge on any atom is -0.550 e. The molecule has 0 saturated carbocycles. The molecule has 0 rings (SSSR count). The van der Waals surface area contributed by atoms with Gasteiger partial charge in [0.1, 0.15) is 6.54 Å². The van der Waals surface area contributed by atoms with Crippen molar-refractivity contribution in [3.63, 3.8) is 0 Å². The Bertz CT molecular complexity index is 505. The van der Waals surface area contributed by atoms with Gasteiger partial charge in [0.15, 0.2) is 11.4 Å². The summed E-state index contributed by atoms with van der Waals surface area (Å²) in [5.41, 5.74) is -1.95. The number of allylic oxidation sites excluding steroid dienone is 3. The summed E-state index contributed by atoms with van der Waals surface area (Å²) >= 11 is 0. The number of nitrogens with zero attached hydrogens (tertiary/aromatic N) is 1. The van der Waals surface area contributed by atoms with Crippen molar-refractivity contribution < 1.29 is 24.3 Å². The molecule has 0 aliphatic rings. The van der Waals surface area contributed by atoms with Crippen molar-refractivity contribution in [1.82, 2.24) is 0 Å². The van der Waals surface area contributed by atoms with E-state index in [4.69, 9.17) is 0 Å². The normalized spacial score (nSPS) is 14.6. The average Bonchev–Trinajstić information content (AvgIpc) is 2.56. The van der Waals surface area contributed by atoms with Gasteiger partial charge in [-0.2, -0.15) is 0 Å². The number of unbranched alkanes of at least 4 members (excludes halogenated alkanes) is 9. The van der Waals surface area contributed by atoms with Crippen LogP contribution < -0.4 is 5.11 Å². The zero-order valence-corrected chi connectivity index (χ0v) is 18.4. The third-order valence-corrected chi connectivity index (χ3v) is 4.60. The first-order chi connectivity index (χ1) is 13.1. The molecular weight excluding hydrogens is 354 g/mol.